The van der Waals surface area contributed by atoms with Gasteiger partial charge in [0.2, 0.25) is 0 Å². The van der Waals surface area contributed by atoms with E-state index in [1.54, 1.807) is 0 Å². The van der Waals surface area contributed by atoms with Gasteiger partial charge in [-0.3, -0.25) is 0 Å². The predicted octanol–water partition coefficient (Wildman–Crippen LogP) is 3.39. The average Bonchev–Trinajstić information content (AvgIpc) is 2.39. The van der Waals surface area contributed by atoms with Gasteiger partial charge in [-0.15, -0.1) is 0 Å². The van der Waals surface area contributed by atoms with Crippen molar-refractivity contribution in [2.45, 2.75) is 38.2 Å². The molecule has 2 rings (SSSR count). The van der Waals surface area contributed by atoms with Gasteiger partial charge in [0, 0.05) is 16.4 Å². The zero-order chi connectivity index (χ0) is 12.3. The van der Waals surface area contributed by atoms with Gasteiger partial charge in [0.15, 0.2) is 0 Å². The first-order valence-corrected chi connectivity index (χ1v) is 7.11. The lowest BCUT2D eigenvalue weighted by Crippen LogP contribution is -2.38. The molecule has 1 aliphatic rings. The molecule has 0 spiro atoms. The Kier molecular flexibility index (Phi) is 4.23. The first-order chi connectivity index (χ1) is 8.19. The molecule has 0 bridgehead atoms. The molecule has 0 aromatic heterocycles. The minimum Gasteiger partial charge on any atom is -0.388 e. The number of rotatable bonds is 3. The Morgan fingerprint density at radius 2 is 1.88 bits per heavy atom. The van der Waals surface area contributed by atoms with Gasteiger partial charge >= 0.3 is 0 Å². The van der Waals surface area contributed by atoms with Gasteiger partial charge < -0.3 is 10.8 Å². The van der Waals surface area contributed by atoms with E-state index < -0.39 is 6.10 Å². The van der Waals surface area contributed by atoms with E-state index in [0.29, 0.717) is 6.54 Å². The van der Waals surface area contributed by atoms with E-state index in [1.165, 1.54) is 19.3 Å². The smallest absolute Gasteiger partial charge is 0.0869 e. The van der Waals surface area contributed by atoms with Gasteiger partial charge in [-0.2, -0.15) is 0 Å². The van der Waals surface area contributed by atoms with Crippen molar-refractivity contribution in [2.24, 2.45) is 11.1 Å². The van der Waals surface area contributed by atoms with Gasteiger partial charge in [-0.25, -0.2) is 0 Å². The number of hydrogen-bond acceptors (Lipinski definition) is 2. The molecular weight excluding hydrogens is 278 g/mol. The maximum atomic E-state index is 10.7. The molecule has 0 aliphatic heterocycles. The van der Waals surface area contributed by atoms with Crippen LogP contribution in [0.1, 0.15) is 43.8 Å². The van der Waals surface area contributed by atoms with Crippen LogP contribution in [-0.4, -0.2) is 11.7 Å². The highest BCUT2D eigenvalue weighted by atomic mass is 79.9. The zero-order valence-electron chi connectivity index (χ0n) is 10.0. The molecule has 0 amide bonds. The lowest BCUT2D eigenvalue weighted by atomic mass is 9.68. The molecule has 1 aromatic carbocycles. The van der Waals surface area contributed by atoms with Crippen LogP contribution in [0, 0.1) is 5.41 Å². The lowest BCUT2D eigenvalue weighted by Gasteiger charge is -2.40. The Balaban J connectivity index is 2.28. The summed E-state index contributed by atoms with van der Waals surface area (Å²) in [6.07, 6.45) is 5.24. The van der Waals surface area contributed by atoms with Crippen molar-refractivity contribution in [3.63, 3.8) is 0 Å². The Hall–Kier alpha value is -0.380. The van der Waals surface area contributed by atoms with Crippen LogP contribution in [0.3, 0.4) is 0 Å². The van der Waals surface area contributed by atoms with Gasteiger partial charge in [0.05, 0.1) is 6.10 Å². The van der Waals surface area contributed by atoms with Crippen molar-refractivity contribution >= 4 is 15.9 Å². The number of halogens is 1. The molecule has 1 atom stereocenters. The predicted molar refractivity (Wildman–Crippen MR) is 73.7 cm³/mol. The van der Waals surface area contributed by atoms with E-state index in [1.807, 2.05) is 24.3 Å². The van der Waals surface area contributed by atoms with E-state index in [0.717, 1.165) is 22.9 Å². The highest BCUT2D eigenvalue weighted by Crippen LogP contribution is 2.46. The van der Waals surface area contributed by atoms with Gasteiger partial charge in [0.1, 0.15) is 0 Å². The third-order valence-electron chi connectivity index (χ3n) is 4.04. The maximum Gasteiger partial charge on any atom is 0.0869 e. The van der Waals surface area contributed by atoms with Crippen LogP contribution in [0.4, 0.5) is 0 Å². The van der Waals surface area contributed by atoms with Crippen LogP contribution >= 0.6 is 15.9 Å². The van der Waals surface area contributed by atoms with Crippen LogP contribution in [-0.2, 0) is 0 Å². The second-order valence-electron chi connectivity index (χ2n) is 5.05. The van der Waals surface area contributed by atoms with E-state index in [9.17, 15) is 5.11 Å². The zero-order valence-corrected chi connectivity index (χ0v) is 11.6. The third kappa shape index (κ3) is 2.56. The molecular formula is C14H20BrNO. The van der Waals surface area contributed by atoms with E-state index in [2.05, 4.69) is 15.9 Å². The number of aliphatic hydroxyl groups excluding tert-OH is 1. The van der Waals surface area contributed by atoms with Crippen molar-refractivity contribution < 1.29 is 5.11 Å². The molecule has 3 heteroatoms. The normalized spacial score (nSPS) is 21.1. The highest BCUT2D eigenvalue weighted by Gasteiger charge is 2.39. The molecule has 3 N–H and O–H groups in total. The summed E-state index contributed by atoms with van der Waals surface area (Å²) >= 11 is 3.52. The fourth-order valence-corrected chi connectivity index (χ4v) is 3.37. The van der Waals surface area contributed by atoms with Crippen LogP contribution in [0.5, 0.6) is 0 Å². The Morgan fingerprint density at radius 1 is 1.24 bits per heavy atom. The van der Waals surface area contributed by atoms with Crippen LogP contribution in [0.2, 0.25) is 0 Å². The van der Waals surface area contributed by atoms with Crippen molar-refractivity contribution in [3.05, 3.63) is 34.3 Å². The maximum absolute atomic E-state index is 10.7. The summed E-state index contributed by atoms with van der Waals surface area (Å²) in [5.41, 5.74) is 6.80. The minimum atomic E-state index is -0.455. The van der Waals surface area contributed by atoms with Crippen LogP contribution in [0.25, 0.3) is 0 Å². The van der Waals surface area contributed by atoms with Gasteiger partial charge in [-0.1, -0.05) is 53.4 Å². The Labute approximate surface area is 111 Å². The molecule has 17 heavy (non-hydrogen) atoms. The van der Waals surface area contributed by atoms with Crippen molar-refractivity contribution in [3.8, 4) is 0 Å². The van der Waals surface area contributed by atoms with E-state index >= 15 is 0 Å². The summed E-state index contributed by atoms with van der Waals surface area (Å²) in [5, 5.41) is 10.7. The summed E-state index contributed by atoms with van der Waals surface area (Å²) in [7, 11) is 0. The molecule has 0 saturated heterocycles. The summed E-state index contributed by atoms with van der Waals surface area (Å²) in [6.45, 7) is 0.565. The molecule has 1 unspecified atom stereocenters. The summed E-state index contributed by atoms with van der Waals surface area (Å²) in [5.74, 6) is 0. The summed E-state index contributed by atoms with van der Waals surface area (Å²) < 4.78 is 0.978. The summed E-state index contributed by atoms with van der Waals surface area (Å²) in [6, 6.07) is 7.90. The first-order valence-electron chi connectivity index (χ1n) is 6.32. The van der Waals surface area contributed by atoms with Gasteiger partial charge in [-0.05, 0) is 24.5 Å². The van der Waals surface area contributed by atoms with Crippen LogP contribution < -0.4 is 5.73 Å². The third-order valence-corrected chi connectivity index (χ3v) is 4.76. The van der Waals surface area contributed by atoms with E-state index in [-0.39, 0.29) is 5.41 Å². The molecule has 1 aliphatic carbocycles. The standard InChI is InChI=1S/C14H20BrNO/c15-12-7-3-2-6-11(12)13(17)14(10-16)8-4-1-5-9-14/h2-3,6-7,13,17H,1,4-5,8-10,16H2. The Morgan fingerprint density at radius 3 is 2.47 bits per heavy atom. The quantitative estimate of drug-likeness (QED) is 0.898. The van der Waals surface area contributed by atoms with Crippen molar-refractivity contribution in [2.75, 3.05) is 6.54 Å². The molecule has 0 heterocycles. The van der Waals surface area contributed by atoms with E-state index in [4.69, 9.17) is 5.73 Å². The molecule has 1 saturated carbocycles. The number of hydrogen-bond donors (Lipinski definition) is 2. The molecule has 94 valence electrons. The van der Waals surface area contributed by atoms with Gasteiger partial charge in [0.25, 0.3) is 0 Å². The highest BCUT2D eigenvalue weighted by molar-refractivity contribution is 9.10. The monoisotopic (exact) mass is 297 g/mol. The first kappa shape index (κ1) is 13.1. The SMILES string of the molecule is NCC1(C(O)c2ccccc2Br)CCCCC1. The van der Waals surface area contributed by atoms with Crippen molar-refractivity contribution in [1.29, 1.82) is 0 Å². The second-order valence-corrected chi connectivity index (χ2v) is 5.91. The van der Waals surface area contributed by atoms with Crippen molar-refractivity contribution in [1.82, 2.24) is 0 Å². The van der Waals surface area contributed by atoms with Crippen LogP contribution in [0.15, 0.2) is 28.7 Å². The second kappa shape index (κ2) is 5.51. The molecule has 1 fully saturated rings. The fourth-order valence-electron chi connectivity index (χ4n) is 2.87. The molecule has 2 nitrogen and oxygen atoms in total. The minimum absolute atomic E-state index is 0.123. The fraction of sp³-hybridized carbons (Fsp3) is 0.571. The number of aliphatic hydroxyl groups is 1. The summed E-state index contributed by atoms with van der Waals surface area (Å²) in [4.78, 5) is 0. The Bertz CT molecular complexity index is 374. The average molecular weight is 298 g/mol. The number of benzene rings is 1. The number of nitrogens with two attached hydrogens (primary N) is 1. The molecule has 1 aromatic rings. The topological polar surface area (TPSA) is 46.2 Å². The lowest BCUT2D eigenvalue weighted by molar-refractivity contribution is 0.000234. The largest absolute Gasteiger partial charge is 0.388 e. The molecule has 0 radical (unpaired) electrons.